The monoisotopic (exact) mass is 782 g/mol. The Kier molecular flexibility index (Phi) is 28.2. The molecule has 0 rings (SSSR count). The number of carbonyl (C=O) groups excluding carboxylic acids is 9. The Morgan fingerprint density at radius 3 is 0.469 bits per heavy atom. The second kappa shape index (κ2) is 22.8. The Labute approximate surface area is 229 Å². The number of hydrogen-bond acceptors (Lipinski definition) is 21. The van der Waals surface area contributed by atoms with Crippen molar-refractivity contribution in [3.05, 3.63) is 0 Å². The van der Waals surface area contributed by atoms with E-state index >= 15 is 0 Å². The van der Waals surface area contributed by atoms with Crippen molar-refractivity contribution >= 4 is 55.4 Å². The number of rotatable bonds is 0. The van der Waals surface area contributed by atoms with Crippen LogP contribution in [-0.2, 0) is 28.4 Å². The molecule has 0 aliphatic carbocycles. The fraction of sp³-hybridized carbons (Fsp3) is 0. The first-order valence-electron chi connectivity index (χ1n) is 5.51. The third kappa shape index (κ3) is 41.5. The fourth-order valence-electron chi connectivity index (χ4n) is 0.471. The van der Waals surface area contributed by atoms with Gasteiger partial charge in [-0.15, -0.1) is 0 Å². The predicted molar refractivity (Wildman–Crippen MR) is 55.1 cm³/mol. The Bertz CT molecular complexity index is 561. The van der Waals surface area contributed by atoms with Gasteiger partial charge in [-0.25, -0.2) is 14.4 Å². The summed E-state index contributed by atoms with van der Waals surface area (Å²) in [5, 5.41) is 56.1. The van der Waals surface area contributed by atoms with Gasteiger partial charge in [0.1, 0.15) is 0 Å². The average Bonchev–Trinajstić information content (AvgIpc) is 2.42. The smallest absolute Gasteiger partial charge is 0.467 e. The average molecular weight is 782 g/mol. The maximum Gasteiger partial charge on any atom is 3.00 e. The standard InChI is InChI=1S/3C3H2O7.2Tm/c3*4-1(5)9-3(8)10-2(6)7;;/h3*(H,4,5)(H,6,7);;/q;;;2*+3/p-6. The van der Waals surface area contributed by atoms with Gasteiger partial charge < -0.3 is 87.8 Å². The number of carbonyl (C=O) groups is 9. The predicted octanol–water partition coefficient (Wildman–Crippen LogP) is -6.52. The summed E-state index contributed by atoms with van der Waals surface area (Å²) < 4.78 is 18.5. The summed E-state index contributed by atoms with van der Waals surface area (Å²) >= 11 is 0. The molecule has 0 saturated carbocycles. The molecule has 0 spiro atoms. The van der Waals surface area contributed by atoms with Crippen molar-refractivity contribution in [2.75, 3.05) is 0 Å². The molecule has 23 heteroatoms. The van der Waals surface area contributed by atoms with Gasteiger partial charge in [0.25, 0.3) is 36.9 Å². The van der Waals surface area contributed by atoms with E-state index in [0.717, 1.165) is 0 Å². The maximum absolute atomic E-state index is 9.78. The molecule has 0 aromatic carbocycles. The van der Waals surface area contributed by atoms with Gasteiger partial charge in [-0.05, 0) is 0 Å². The van der Waals surface area contributed by atoms with Crippen LogP contribution in [0.2, 0.25) is 0 Å². The van der Waals surface area contributed by atoms with E-state index in [1.807, 2.05) is 0 Å². The first-order valence-corrected chi connectivity index (χ1v) is 5.51. The summed E-state index contributed by atoms with van der Waals surface area (Å²) in [6.07, 6.45) is -19.0. The molecule has 0 N–H and O–H groups in total. The van der Waals surface area contributed by atoms with Crippen LogP contribution in [0.15, 0.2) is 0 Å². The van der Waals surface area contributed by atoms with E-state index in [4.69, 9.17) is 0 Å². The van der Waals surface area contributed by atoms with Crippen LogP contribution in [0.25, 0.3) is 0 Å². The van der Waals surface area contributed by atoms with Gasteiger partial charge in [-0.3, -0.25) is 0 Å². The summed E-state index contributed by atoms with van der Waals surface area (Å²) in [4.78, 5) is 85.4. The molecular weight excluding hydrogens is 782 g/mol. The molecular formula is C9O21Tm2. The van der Waals surface area contributed by atoms with Gasteiger partial charge in [0.05, 0.1) is 0 Å². The van der Waals surface area contributed by atoms with Crippen molar-refractivity contribution in [1.82, 2.24) is 0 Å². The topological polar surface area (TPSA) is 347 Å². The van der Waals surface area contributed by atoms with Crippen LogP contribution < -0.4 is 30.6 Å². The Morgan fingerprint density at radius 2 is 0.406 bits per heavy atom. The molecule has 0 atom stereocenters. The molecule has 188 valence electrons. The van der Waals surface area contributed by atoms with E-state index in [-0.39, 0.29) is 73.7 Å². The van der Waals surface area contributed by atoms with Crippen LogP contribution in [0.4, 0.5) is 43.2 Å². The molecule has 0 fully saturated rings. The molecule has 0 heterocycles. The van der Waals surface area contributed by atoms with Crippen molar-refractivity contribution in [2.45, 2.75) is 0 Å². The molecule has 0 saturated heterocycles. The zero-order valence-corrected chi connectivity index (χ0v) is 17.2. The van der Waals surface area contributed by atoms with Crippen LogP contribution in [-0.4, -0.2) is 55.4 Å². The third-order valence-corrected chi connectivity index (χ3v) is 1.000. The second-order valence-electron chi connectivity index (χ2n) is 2.86. The zero-order valence-electron chi connectivity index (χ0n) is 13.6. The Balaban J connectivity index is -0.000000110. The third-order valence-electron chi connectivity index (χ3n) is 1.000. The van der Waals surface area contributed by atoms with E-state index in [0.29, 0.717) is 0 Å². The SMILES string of the molecule is O=C([O-])OC(=O)OC(=O)[O-].O=C([O-])OC(=O)OC(=O)[O-].O=C([O-])OC(=O)OC(=O)[O-].[Tm+3].[Tm+3]. The fourth-order valence-corrected chi connectivity index (χ4v) is 0.471. The maximum atomic E-state index is 9.78. The number of carboxylic acid groups (broad SMARTS) is 6. The van der Waals surface area contributed by atoms with Crippen LogP contribution >= 0.6 is 0 Å². The van der Waals surface area contributed by atoms with Gasteiger partial charge in [-0.1, -0.05) is 0 Å². The van der Waals surface area contributed by atoms with Crippen molar-refractivity contribution in [2.24, 2.45) is 0 Å². The Morgan fingerprint density at radius 1 is 0.312 bits per heavy atom. The molecule has 0 radical (unpaired) electrons. The minimum atomic E-state index is -2.20. The van der Waals surface area contributed by atoms with E-state index < -0.39 is 55.4 Å². The minimum Gasteiger partial charge on any atom is -0.467 e. The largest absolute Gasteiger partial charge is 3.00 e. The summed E-state index contributed by atoms with van der Waals surface area (Å²) in [6.45, 7) is 0. The zero-order chi connectivity index (χ0) is 24.4. The van der Waals surface area contributed by atoms with E-state index in [2.05, 4.69) is 28.4 Å². The summed E-state index contributed by atoms with van der Waals surface area (Å²) in [6, 6.07) is 0. The van der Waals surface area contributed by atoms with Gasteiger partial charge in [0.2, 0.25) is 0 Å². The quantitative estimate of drug-likeness (QED) is 0.125. The second-order valence-corrected chi connectivity index (χ2v) is 2.86. The van der Waals surface area contributed by atoms with E-state index in [1.54, 1.807) is 0 Å². The molecule has 0 unspecified atom stereocenters. The van der Waals surface area contributed by atoms with E-state index in [9.17, 15) is 73.8 Å². The molecule has 0 aliphatic rings. The summed E-state index contributed by atoms with van der Waals surface area (Å²) in [7, 11) is 0. The van der Waals surface area contributed by atoms with Crippen LogP contribution in [0.5, 0.6) is 0 Å². The number of hydrogen-bond donors (Lipinski definition) is 0. The van der Waals surface area contributed by atoms with Crippen LogP contribution in [0.1, 0.15) is 0 Å². The van der Waals surface area contributed by atoms with Crippen molar-refractivity contribution in [1.29, 1.82) is 0 Å². The van der Waals surface area contributed by atoms with E-state index in [1.165, 1.54) is 0 Å². The molecule has 32 heavy (non-hydrogen) atoms. The first-order chi connectivity index (χ1) is 13.6. The van der Waals surface area contributed by atoms with Crippen LogP contribution in [0.3, 0.4) is 0 Å². The van der Waals surface area contributed by atoms with Crippen LogP contribution in [0, 0.1) is 73.7 Å². The van der Waals surface area contributed by atoms with Gasteiger partial charge in [-0.2, -0.15) is 0 Å². The molecule has 0 aliphatic heterocycles. The Hall–Kier alpha value is -2.90. The van der Waals surface area contributed by atoms with Crippen molar-refractivity contribution in [3.8, 4) is 0 Å². The van der Waals surface area contributed by atoms with Crippen molar-refractivity contribution in [3.63, 3.8) is 0 Å². The number of ether oxygens (including phenoxy) is 6. The van der Waals surface area contributed by atoms with Crippen molar-refractivity contribution < 1.29 is 176 Å². The first kappa shape index (κ1) is 39.6. The van der Waals surface area contributed by atoms with Gasteiger partial charge in [0, 0.05) is 0 Å². The summed E-state index contributed by atoms with van der Waals surface area (Å²) in [5.74, 6) is 0. The molecule has 0 aromatic heterocycles. The normalized spacial score (nSPS) is 7.50. The molecule has 0 bridgehead atoms. The molecule has 0 amide bonds. The van der Waals surface area contributed by atoms with Gasteiger partial charge in [0.15, 0.2) is 0 Å². The summed E-state index contributed by atoms with van der Waals surface area (Å²) in [5.41, 5.74) is 0. The van der Waals surface area contributed by atoms with Gasteiger partial charge >= 0.3 is 92.2 Å². The molecule has 21 nitrogen and oxygen atoms in total. The molecule has 0 aromatic rings. The minimum absolute atomic E-state index is 0.